The zero-order valence-corrected chi connectivity index (χ0v) is 7.84. The van der Waals surface area contributed by atoms with Crippen LogP contribution in [0.3, 0.4) is 0 Å². The van der Waals surface area contributed by atoms with E-state index in [1.54, 1.807) is 20.0 Å². The van der Waals surface area contributed by atoms with E-state index in [2.05, 4.69) is 16.9 Å². The summed E-state index contributed by atoms with van der Waals surface area (Å²) in [7, 11) is 3.05. The highest BCUT2D eigenvalue weighted by molar-refractivity contribution is 5.93. The SMILES string of the molecule is C/C=C(/C)C(=O)N(C)C#COC. The predicted octanol–water partition coefficient (Wildman–Crippen LogP) is 0.976. The Balaban J connectivity index is 4.30. The highest BCUT2D eigenvalue weighted by atomic mass is 16.5. The molecule has 0 aliphatic heterocycles. The molecule has 1 amide bonds. The minimum absolute atomic E-state index is 0.109. The van der Waals surface area contributed by atoms with Crippen LogP contribution in [0.25, 0.3) is 0 Å². The largest absolute Gasteiger partial charge is 0.449 e. The Labute approximate surface area is 73.0 Å². The van der Waals surface area contributed by atoms with E-state index in [-0.39, 0.29) is 5.91 Å². The lowest BCUT2D eigenvalue weighted by Gasteiger charge is -2.07. The Hall–Kier alpha value is -1.43. The van der Waals surface area contributed by atoms with E-state index in [1.807, 2.05) is 6.92 Å². The van der Waals surface area contributed by atoms with Crippen LogP contribution >= 0.6 is 0 Å². The molecule has 0 unspecified atom stereocenters. The molecule has 66 valence electrons. The highest BCUT2D eigenvalue weighted by Crippen LogP contribution is 1.96. The van der Waals surface area contributed by atoms with Crippen LogP contribution in [0.4, 0.5) is 0 Å². The zero-order chi connectivity index (χ0) is 9.56. The number of likely N-dealkylation sites (N-methyl/N-ethyl adjacent to an activating group) is 1. The fraction of sp³-hybridized carbons (Fsp3) is 0.444. The first-order valence-corrected chi connectivity index (χ1v) is 3.58. The topological polar surface area (TPSA) is 29.5 Å². The quantitative estimate of drug-likeness (QED) is 0.331. The van der Waals surface area contributed by atoms with Gasteiger partial charge in [0.25, 0.3) is 5.91 Å². The Bertz CT molecular complexity index is 245. The van der Waals surface area contributed by atoms with E-state index >= 15 is 0 Å². The van der Waals surface area contributed by atoms with Crippen molar-refractivity contribution in [3.8, 4) is 12.2 Å². The number of hydrogen-bond donors (Lipinski definition) is 0. The van der Waals surface area contributed by atoms with Gasteiger partial charge in [-0.1, -0.05) is 6.08 Å². The number of amides is 1. The molecule has 0 aromatic rings. The number of carbonyl (C=O) groups is 1. The Morgan fingerprint density at radius 3 is 2.58 bits per heavy atom. The van der Waals surface area contributed by atoms with Crippen molar-refractivity contribution in [2.24, 2.45) is 0 Å². The summed E-state index contributed by atoms with van der Waals surface area (Å²) < 4.78 is 4.50. The minimum atomic E-state index is -0.109. The van der Waals surface area contributed by atoms with Crippen LogP contribution in [0.2, 0.25) is 0 Å². The van der Waals surface area contributed by atoms with Crippen LogP contribution in [0.15, 0.2) is 11.6 Å². The molecular weight excluding hydrogens is 154 g/mol. The smallest absolute Gasteiger partial charge is 0.260 e. The van der Waals surface area contributed by atoms with Gasteiger partial charge in [-0.2, -0.15) is 0 Å². The first-order chi connectivity index (χ1) is 5.63. The van der Waals surface area contributed by atoms with Gasteiger partial charge < -0.3 is 4.74 Å². The van der Waals surface area contributed by atoms with Crippen molar-refractivity contribution in [2.75, 3.05) is 14.2 Å². The summed E-state index contributed by atoms with van der Waals surface area (Å²) in [4.78, 5) is 12.6. The van der Waals surface area contributed by atoms with Gasteiger partial charge in [0.2, 0.25) is 0 Å². The number of methoxy groups -OCH3 is 1. The van der Waals surface area contributed by atoms with Crippen molar-refractivity contribution >= 4 is 5.91 Å². The van der Waals surface area contributed by atoms with E-state index in [4.69, 9.17) is 0 Å². The van der Waals surface area contributed by atoms with E-state index in [0.717, 1.165) is 0 Å². The first-order valence-electron chi connectivity index (χ1n) is 3.58. The van der Waals surface area contributed by atoms with Gasteiger partial charge >= 0.3 is 0 Å². The second-order valence-electron chi connectivity index (χ2n) is 2.25. The van der Waals surface area contributed by atoms with E-state index in [1.165, 1.54) is 12.0 Å². The minimum Gasteiger partial charge on any atom is -0.449 e. The third-order valence-corrected chi connectivity index (χ3v) is 1.39. The molecule has 0 atom stereocenters. The molecule has 3 heteroatoms. The Kier molecular flexibility index (Phi) is 4.62. The molecular formula is C9H13NO2. The van der Waals surface area contributed by atoms with Gasteiger partial charge in [-0.15, -0.1) is 0 Å². The highest BCUT2D eigenvalue weighted by Gasteiger charge is 2.06. The van der Waals surface area contributed by atoms with Gasteiger partial charge in [-0.25, -0.2) is 0 Å². The maximum atomic E-state index is 11.3. The van der Waals surface area contributed by atoms with Crippen LogP contribution in [-0.2, 0) is 9.53 Å². The molecule has 0 N–H and O–H groups in total. The van der Waals surface area contributed by atoms with Gasteiger partial charge in [0.1, 0.15) is 6.11 Å². The molecule has 0 radical (unpaired) electrons. The van der Waals surface area contributed by atoms with Crippen LogP contribution < -0.4 is 0 Å². The molecule has 0 fully saturated rings. The van der Waals surface area contributed by atoms with Crippen LogP contribution in [0.1, 0.15) is 13.8 Å². The summed E-state index contributed by atoms with van der Waals surface area (Å²) >= 11 is 0. The third-order valence-electron chi connectivity index (χ3n) is 1.39. The average Bonchev–Trinajstić information content (AvgIpc) is 2.11. The van der Waals surface area contributed by atoms with Gasteiger partial charge in [0, 0.05) is 12.6 Å². The normalized spacial score (nSPS) is 9.83. The Morgan fingerprint density at radius 2 is 2.17 bits per heavy atom. The second kappa shape index (κ2) is 5.25. The summed E-state index contributed by atoms with van der Waals surface area (Å²) in [5.74, 6) is -0.109. The summed E-state index contributed by atoms with van der Waals surface area (Å²) in [5.41, 5.74) is 0.669. The zero-order valence-electron chi connectivity index (χ0n) is 7.84. The molecule has 0 aliphatic rings. The Morgan fingerprint density at radius 1 is 1.58 bits per heavy atom. The summed E-state index contributed by atoms with van der Waals surface area (Å²) in [5, 5.41) is 0. The number of nitrogens with zero attached hydrogens (tertiary/aromatic N) is 1. The summed E-state index contributed by atoms with van der Waals surface area (Å²) in [6, 6.07) is 2.52. The molecule has 3 nitrogen and oxygen atoms in total. The lowest BCUT2D eigenvalue weighted by molar-refractivity contribution is -0.123. The summed E-state index contributed by atoms with van der Waals surface area (Å²) in [6.45, 7) is 3.55. The van der Waals surface area contributed by atoms with Crippen molar-refractivity contribution in [3.05, 3.63) is 11.6 Å². The van der Waals surface area contributed by atoms with Gasteiger partial charge in [-0.05, 0) is 13.8 Å². The molecule has 0 bridgehead atoms. The van der Waals surface area contributed by atoms with Crippen molar-refractivity contribution in [1.82, 2.24) is 4.90 Å². The third kappa shape index (κ3) is 3.11. The molecule has 0 saturated heterocycles. The average molecular weight is 167 g/mol. The van der Waals surface area contributed by atoms with Crippen LogP contribution in [-0.4, -0.2) is 25.0 Å². The molecule has 0 rings (SSSR count). The van der Waals surface area contributed by atoms with Crippen molar-refractivity contribution < 1.29 is 9.53 Å². The van der Waals surface area contributed by atoms with E-state index < -0.39 is 0 Å². The van der Waals surface area contributed by atoms with Gasteiger partial charge in [-0.3, -0.25) is 9.69 Å². The number of allylic oxidation sites excluding steroid dienone is 1. The van der Waals surface area contributed by atoms with Gasteiger partial charge in [0.05, 0.1) is 13.2 Å². The number of ether oxygens (including phenoxy) is 1. The lowest BCUT2D eigenvalue weighted by Crippen LogP contribution is -2.22. The molecule has 12 heavy (non-hydrogen) atoms. The second-order valence-corrected chi connectivity index (χ2v) is 2.25. The first kappa shape index (κ1) is 10.6. The maximum Gasteiger partial charge on any atom is 0.260 e. The molecule has 0 spiro atoms. The molecule has 0 heterocycles. The van der Waals surface area contributed by atoms with Crippen LogP contribution in [0, 0.1) is 12.2 Å². The summed E-state index contributed by atoms with van der Waals surface area (Å²) in [6.07, 6.45) is 4.08. The number of carbonyl (C=O) groups excluding carboxylic acids is 1. The molecule has 0 aromatic carbocycles. The maximum absolute atomic E-state index is 11.3. The standard InChI is InChI=1S/C9H13NO2/c1-5-8(2)9(11)10(3)6-7-12-4/h5H,1-4H3/b8-5-. The monoisotopic (exact) mass is 167 g/mol. The van der Waals surface area contributed by atoms with Crippen molar-refractivity contribution in [2.45, 2.75) is 13.8 Å². The van der Waals surface area contributed by atoms with Crippen LogP contribution in [0.5, 0.6) is 0 Å². The fourth-order valence-corrected chi connectivity index (χ4v) is 0.553. The predicted molar refractivity (Wildman–Crippen MR) is 47.0 cm³/mol. The van der Waals surface area contributed by atoms with Crippen molar-refractivity contribution in [1.29, 1.82) is 0 Å². The number of hydrogen-bond acceptors (Lipinski definition) is 2. The number of rotatable bonds is 1. The van der Waals surface area contributed by atoms with E-state index in [0.29, 0.717) is 5.57 Å². The lowest BCUT2D eigenvalue weighted by atomic mass is 10.2. The van der Waals surface area contributed by atoms with Gasteiger partial charge in [0.15, 0.2) is 0 Å². The molecule has 0 saturated carbocycles. The van der Waals surface area contributed by atoms with Crippen molar-refractivity contribution in [3.63, 3.8) is 0 Å². The van der Waals surface area contributed by atoms with E-state index in [9.17, 15) is 4.79 Å². The molecule has 0 aromatic heterocycles. The fourth-order valence-electron chi connectivity index (χ4n) is 0.553. The molecule has 0 aliphatic carbocycles.